The van der Waals surface area contributed by atoms with Gasteiger partial charge in [0.1, 0.15) is 23.3 Å². The predicted molar refractivity (Wildman–Crippen MR) is 132 cm³/mol. The van der Waals surface area contributed by atoms with Crippen molar-refractivity contribution in [1.82, 2.24) is 4.57 Å². The molecule has 0 amide bonds. The molecule has 0 unspecified atom stereocenters. The van der Waals surface area contributed by atoms with Crippen molar-refractivity contribution in [3.05, 3.63) is 101 Å². The summed E-state index contributed by atoms with van der Waals surface area (Å²) in [6, 6.07) is 7.59. The number of aromatic nitrogens is 1. The minimum Gasteiger partial charge on any atom is -0.792 e. The maximum atomic E-state index is 14.3. The molecule has 0 atom stereocenters. The smallest absolute Gasteiger partial charge is 0.417 e. The summed E-state index contributed by atoms with van der Waals surface area (Å²) < 4.78 is 71.2. The fourth-order valence-corrected chi connectivity index (χ4v) is 4.61. The Bertz CT molecular complexity index is 1450. The molecule has 0 aliphatic heterocycles. The van der Waals surface area contributed by atoms with Crippen LogP contribution in [-0.2, 0) is 12.7 Å². The molecule has 0 aliphatic carbocycles. The number of thiophene rings is 1. The number of hydrogen-bond acceptors (Lipinski definition) is 5. The zero-order valence-corrected chi connectivity index (χ0v) is 20.3. The third-order valence-corrected chi connectivity index (χ3v) is 6.28. The average Bonchev–Trinajstić information content (AvgIpc) is 3.28. The first-order valence-corrected chi connectivity index (χ1v) is 11.6. The van der Waals surface area contributed by atoms with Gasteiger partial charge >= 0.3 is 6.18 Å². The van der Waals surface area contributed by atoms with Crippen molar-refractivity contribution < 1.29 is 22.0 Å². The number of pyridine rings is 1. The van der Waals surface area contributed by atoms with Crippen LogP contribution in [0.4, 0.5) is 22.0 Å². The van der Waals surface area contributed by atoms with Crippen molar-refractivity contribution in [3.63, 3.8) is 0 Å². The molecular weight excluding hydrogens is 604 g/mol. The molecule has 3 rings (SSSR count). The maximum Gasteiger partial charge on any atom is 0.417 e. The van der Waals surface area contributed by atoms with Gasteiger partial charge in [-0.05, 0) is 46.1 Å². The van der Waals surface area contributed by atoms with Gasteiger partial charge in [-0.15, -0.1) is 11.3 Å². The molecule has 0 bridgehead atoms. The van der Waals surface area contributed by atoms with Gasteiger partial charge in [0, 0.05) is 22.7 Å². The van der Waals surface area contributed by atoms with Crippen molar-refractivity contribution in [2.45, 2.75) is 12.7 Å². The SMILES string of the molecule is N#Cc1c(C(F)(F)F)cc(-c2ccc(C(/C=C\I)=C/C=N/[O-])s2)n(Cc2ccc(F)cc2F)c1=O. The van der Waals surface area contributed by atoms with Gasteiger partial charge in [-0.1, -0.05) is 28.7 Å². The van der Waals surface area contributed by atoms with E-state index in [0.717, 1.165) is 34.3 Å². The first kappa shape index (κ1) is 26.3. The highest BCUT2D eigenvalue weighted by Gasteiger charge is 2.36. The van der Waals surface area contributed by atoms with E-state index in [1.54, 1.807) is 16.2 Å². The van der Waals surface area contributed by atoms with Crippen LogP contribution in [0.5, 0.6) is 0 Å². The topological polar surface area (TPSA) is 81.2 Å². The lowest BCUT2D eigenvalue weighted by Gasteiger charge is -2.17. The van der Waals surface area contributed by atoms with Crippen LogP contribution in [-0.4, -0.2) is 10.8 Å². The number of halogens is 6. The Morgan fingerprint density at radius 2 is 1.97 bits per heavy atom. The lowest BCUT2D eigenvalue weighted by atomic mass is 10.1. The molecule has 0 saturated carbocycles. The minimum absolute atomic E-state index is 0.157. The summed E-state index contributed by atoms with van der Waals surface area (Å²) in [7, 11) is 0. The van der Waals surface area contributed by atoms with Gasteiger partial charge in [0.05, 0.1) is 22.7 Å². The molecule has 2 aromatic heterocycles. The molecule has 180 valence electrons. The van der Waals surface area contributed by atoms with Gasteiger partial charge < -0.3 is 14.9 Å². The van der Waals surface area contributed by atoms with Crippen LogP contribution in [0, 0.1) is 28.2 Å². The lowest BCUT2D eigenvalue weighted by Crippen LogP contribution is -2.28. The van der Waals surface area contributed by atoms with Crippen molar-refractivity contribution >= 4 is 45.7 Å². The van der Waals surface area contributed by atoms with E-state index in [4.69, 9.17) is 0 Å². The Morgan fingerprint density at radius 3 is 2.57 bits per heavy atom. The molecule has 1 aromatic carbocycles. The normalized spacial score (nSPS) is 12.5. The molecule has 0 radical (unpaired) electrons. The Kier molecular flexibility index (Phi) is 8.23. The Balaban J connectivity index is 2.28. The molecule has 0 aliphatic rings. The quantitative estimate of drug-likeness (QED) is 0.102. The van der Waals surface area contributed by atoms with Gasteiger partial charge in [0.25, 0.3) is 5.56 Å². The van der Waals surface area contributed by atoms with Crippen LogP contribution < -0.4 is 5.56 Å². The van der Waals surface area contributed by atoms with Gasteiger partial charge in [0.2, 0.25) is 0 Å². The molecule has 2 heterocycles. The Labute approximate surface area is 212 Å². The highest BCUT2D eigenvalue weighted by Crippen LogP contribution is 2.37. The Morgan fingerprint density at radius 1 is 1.23 bits per heavy atom. The highest BCUT2D eigenvalue weighted by molar-refractivity contribution is 14.1. The third kappa shape index (κ3) is 5.85. The fourth-order valence-electron chi connectivity index (χ4n) is 3.19. The van der Waals surface area contributed by atoms with E-state index < -0.39 is 41.0 Å². The lowest BCUT2D eigenvalue weighted by molar-refractivity contribution is -0.137. The summed E-state index contributed by atoms with van der Waals surface area (Å²) in [5.41, 5.74) is -3.67. The van der Waals surface area contributed by atoms with Crippen molar-refractivity contribution in [2.24, 2.45) is 5.16 Å². The number of rotatable bonds is 6. The second kappa shape index (κ2) is 11.0. The van der Waals surface area contributed by atoms with E-state index in [0.29, 0.717) is 22.6 Å². The van der Waals surface area contributed by atoms with Crippen LogP contribution in [0.3, 0.4) is 0 Å². The van der Waals surface area contributed by atoms with E-state index in [1.807, 2.05) is 22.6 Å². The van der Waals surface area contributed by atoms with E-state index in [9.17, 15) is 37.2 Å². The van der Waals surface area contributed by atoms with Gasteiger partial charge in [-0.2, -0.15) is 18.4 Å². The third-order valence-electron chi connectivity index (χ3n) is 4.76. The molecule has 0 spiro atoms. The molecule has 0 saturated heterocycles. The molecule has 0 N–H and O–H groups in total. The zero-order chi connectivity index (χ0) is 25.8. The van der Waals surface area contributed by atoms with Crippen LogP contribution >= 0.6 is 33.9 Å². The number of alkyl halides is 3. The Hall–Kier alpha value is -3.31. The van der Waals surface area contributed by atoms with Crippen molar-refractivity contribution in [2.75, 3.05) is 0 Å². The van der Waals surface area contributed by atoms with Crippen molar-refractivity contribution in [1.29, 1.82) is 5.26 Å². The summed E-state index contributed by atoms with van der Waals surface area (Å²) in [6.45, 7) is -0.542. The first-order valence-electron chi connectivity index (χ1n) is 9.53. The number of hydrogen-bond donors (Lipinski definition) is 0. The highest BCUT2D eigenvalue weighted by atomic mass is 127. The van der Waals surface area contributed by atoms with Gasteiger partial charge in [-0.25, -0.2) is 8.78 Å². The number of nitrogens with zero attached hydrogens (tertiary/aromatic N) is 3. The summed E-state index contributed by atoms with van der Waals surface area (Å²) in [5.74, 6) is -1.86. The summed E-state index contributed by atoms with van der Waals surface area (Å²) >= 11 is 2.95. The summed E-state index contributed by atoms with van der Waals surface area (Å²) in [6.07, 6.45) is -0.960. The van der Waals surface area contributed by atoms with E-state index in [-0.39, 0.29) is 16.1 Å². The van der Waals surface area contributed by atoms with Gasteiger partial charge in [0.15, 0.2) is 0 Å². The largest absolute Gasteiger partial charge is 0.792 e. The minimum atomic E-state index is -5.00. The number of benzene rings is 1. The molecule has 5 nitrogen and oxygen atoms in total. The predicted octanol–water partition coefficient (Wildman–Crippen LogP) is 6.69. The zero-order valence-electron chi connectivity index (χ0n) is 17.3. The fraction of sp³-hybridized carbons (Fsp3) is 0.0870. The monoisotopic (exact) mass is 616 g/mol. The van der Waals surface area contributed by atoms with E-state index in [2.05, 4.69) is 5.16 Å². The summed E-state index contributed by atoms with van der Waals surface area (Å²) in [4.78, 5) is 13.8. The first-order chi connectivity index (χ1) is 16.6. The molecule has 0 fully saturated rings. The molecule has 12 heteroatoms. The molecule has 35 heavy (non-hydrogen) atoms. The average molecular weight is 616 g/mol. The van der Waals surface area contributed by atoms with Crippen LogP contribution in [0.15, 0.2) is 62.6 Å². The second-order valence-electron chi connectivity index (χ2n) is 6.89. The van der Waals surface area contributed by atoms with Crippen LogP contribution in [0.25, 0.3) is 16.1 Å². The second-order valence-corrected chi connectivity index (χ2v) is 8.69. The number of nitriles is 1. The summed E-state index contributed by atoms with van der Waals surface area (Å²) in [5, 5.41) is 22.4. The van der Waals surface area contributed by atoms with E-state index >= 15 is 0 Å². The van der Waals surface area contributed by atoms with Gasteiger partial charge in [-0.3, -0.25) is 4.79 Å². The van der Waals surface area contributed by atoms with Crippen molar-refractivity contribution in [3.8, 4) is 16.6 Å². The maximum absolute atomic E-state index is 14.3. The van der Waals surface area contributed by atoms with E-state index in [1.165, 1.54) is 18.2 Å². The standard InChI is InChI=1S/C23H13F5IN3O2S/c24-15-2-1-14(18(25)9-15)12-32-19(10-17(23(26,27)28)16(11-30)22(32)33)21-4-3-20(35-21)13(5-7-29)6-8-31-34/h1-10,34H,12H2/p-1/b7-5-,13-6+,31-8+. The molecular formula is C23H12F5IN3O2S-. The van der Waals surface area contributed by atoms with Crippen LogP contribution in [0.1, 0.15) is 21.6 Å². The number of allylic oxidation sites excluding steroid dienone is 3. The van der Waals surface area contributed by atoms with Crippen LogP contribution in [0.2, 0.25) is 0 Å². The molecule has 3 aromatic rings.